The molecule has 3 heteroatoms. The van der Waals surface area contributed by atoms with E-state index in [4.69, 9.17) is 0 Å². The maximum Gasteiger partial charge on any atom is 0.216 e. The van der Waals surface area contributed by atoms with E-state index < -0.39 is 0 Å². The summed E-state index contributed by atoms with van der Waals surface area (Å²) in [4.78, 5) is 10.8. The molecule has 17 heavy (non-hydrogen) atoms. The number of amides is 1. The van der Waals surface area contributed by atoms with Crippen molar-refractivity contribution in [1.82, 2.24) is 10.6 Å². The number of hydrogen-bond donors (Lipinski definition) is 2. The Balaban J connectivity index is 1.89. The second-order valence-corrected chi connectivity index (χ2v) is 6.79. The zero-order valence-corrected chi connectivity index (χ0v) is 11.6. The van der Waals surface area contributed by atoms with Crippen molar-refractivity contribution in [3.8, 4) is 0 Å². The maximum atomic E-state index is 10.8. The van der Waals surface area contributed by atoms with Crippen LogP contribution >= 0.6 is 0 Å². The SMILES string of the molecule is CC(=O)NCCNC1C2(C)CCC(C2)C1(C)C. The minimum atomic E-state index is 0.0604. The Kier molecular flexibility index (Phi) is 3.23. The largest absolute Gasteiger partial charge is 0.355 e. The third kappa shape index (κ3) is 2.22. The second-order valence-electron chi connectivity index (χ2n) is 6.79. The van der Waals surface area contributed by atoms with Crippen molar-refractivity contribution in [3.05, 3.63) is 0 Å². The van der Waals surface area contributed by atoms with E-state index in [0.29, 0.717) is 16.9 Å². The standard InChI is InChI=1S/C14H26N2O/c1-10(17)15-7-8-16-12-13(2,3)11-5-6-14(12,4)9-11/h11-12,16H,5-9H2,1-4H3,(H,15,17). The smallest absolute Gasteiger partial charge is 0.216 e. The molecule has 2 aliphatic rings. The van der Waals surface area contributed by atoms with Crippen LogP contribution in [0.2, 0.25) is 0 Å². The summed E-state index contributed by atoms with van der Waals surface area (Å²) < 4.78 is 0. The van der Waals surface area contributed by atoms with Crippen LogP contribution in [0.25, 0.3) is 0 Å². The molecule has 98 valence electrons. The van der Waals surface area contributed by atoms with Gasteiger partial charge >= 0.3 is 0 Å². The molecule has 0 aromatic carbocycles. The molecule has 2 fully saturated rings. The Labute approximate surface area is 105 Å². The van der Waals surface area contributed by atoms with Gasteiger partial charge < -0.3 is 10.6 Å². The molecule has 3 atom stereocenters. The molecule has 0 aromatic rings. The fraction of sp³-hybridized carbons (Fsp3) is 0.929. The molecule has 1 amide bonds. The Morgan fingerprint density at radius 1 is 1.29 bits per heavy atom. The number of carbonyl (C=O) groups is 1. The predicted molar refractivity (Wildman–Crippen MR) is 69.7 cm³/mol. The lowest BCUT2D eigenvalue weighted by atomic mass is 9.68. The predicted octanol–water partition coefficient (Wildman–Crippen LogP) is 1.93. The lowest BCUT2D eigenvalue weighted by Crippen LogP contribution is -2.51. The van der Waals surface area contributed by atoms with Crippen LogP contribution in [0.3, 0.4) is 0 Å². The van der Waals surface area contributed by atoms with Crippen LogP contribution in [0.5, 0.6) is 0 Å². The van der Waals surface area contributed by atoms with E-state index in [1.165, 1.54) is 19.3 Å². The molecule has 2 rings (SSSR count). The molecule has 0 spiro atoms. The first kappa shape index (κ1) is 12.9. The topological polar surface area (TPSA) is 41.1 Å². The molecule has 2 saturated carbocycles. The Morgan fingerprint density at radius 2 is 2.00 bits per heavy atom. The monoisotopic (exact) mass is 238 g/mol. The molecule has 2 aliphatic carbocycles. The van der Waals surface area contributed by atoms with Crippen molar-refractivity contribution in [2.45, 2.75) is 53.0 Å². The van der Waals surface area contributed by atoms with Crippen LogP contribution in [0, 0.1) is 16.7 Å². The van der Waals surface area contributed by atoms with E-state index in [1.54, 1.807) is 6.92 Å². The highest BCUT2D eigenvalue weighted by atomic mass is 16.1. The molecule has 0 radical (unpaired) electrons. The summed E-state index contributed by atoms with van der Waals surface area (Å²) in [6.07, 6.45) is 4.13. The summed E-state index contributed by atoms with van der Waals surface area (Å²) in [5.41, 5.74) is 0.883. The van der Waals surface area contributed by atoms with Gasteiger partial charge in [-0.15, -0.1) is 0 Å². The van der Waals surface area contributed by atoms with E-state index in [2.05, 4.69) is 31.4 Å². The van der Waals surface area contributed by atoms with Gasteiger partial charge in [0.2, 0.25) is 5.91 Å². The van der Waals surface area contributed by atoms with Crippen molar-refractivity contribution in [3.63, 3.8) is 0 Å². The van der Waals surface area contributed by atoms with Crippen LogP contribution < -0.4 is 10.6 Å². The summed E-state index contributed by atoms with van der Waals surface area (Å²) in [6, 6.07) is 0.600. The fourth-order valence-corrected chi connectivity index (χ4v) is 4.27. The van der Waals surface area contributed by atoms with E-state index >= 15 is 0 Å². The average molecular weight is 238 g/mol. The number of rotatable bonds is 4. The van der Waals surface area contributed by atoms with Gasteiger partial charge in [-0.3, -0.25) is 4.79 Å². The van der Waals surface area contributed by atoms with Gasteiger partial charge in [0.05, 0.1) is 0 Å². The molecule has 2 N–H and O–H groups in total. The molecule has 3 nitrogen and oxygen atoms in total. The van der Waals surface area contributed by atoms with Crippen LogP contribution in [-0.4, -0.2) is 25.0 Å². The molecule has 0 aliphatic heterocycles. The summed E-state index contributed by atoms with van der Waals surface area (Å²) in [5, 5.41) is 6.54. The molecular weight excluding hydrogens is 212 g/mol. The summed E-state index contributed by atoms with van der Waals surface area (Å²) >= 11 is 0. The highest BCUT2D eigenvalue weighted by molar-refractivity contribution is 5.72. The summed E-state index contributed by atoms with van der Waals surface area (Å²) in [5.74, 6) is 0.941. The van der Waals surface area contributed by atoms with Crippen LogP contribution in [0.4, 0.5) is 0 Å². The van der Waals surface area contributed by atoms with Gasteiger partial charge in [0, 0.05) is 26.1 Å². The molecule has 0 saturated heterocycles. The van der Waals surface area contributed by atoms with Gasteiger partial charge in [0.25, 0.3) is 0 Å². The molecule has 3 unspecified atom stereocenters. The zero-order chi connectivity index (χ0) is 12.7. The molecular formula is C14H26N2O. The Hall–Kier alpha value is -0.570. The van der Waals surface area contributed by atoms with Gasteiger partial charge in [0.1, 0.15) is 0 Å². The van der Waals surface area contributed by atoms with Gasteiger partial charge in [-0.05, 0) is 36.0 Å². The van der Waals surface area contributed by atoms with Gasteiger partial charge in [-0.2, -0.15) is 0 Å². The minimum Gasteiger partial charge on any atom is -0.355 e. The van der Waals surface area contributed by atoms with Crippen LogP contribution in [0.15, 0.2) is 0 Å². The Bertz CT molecular complexity index is 309. The van der Waals surface area contributed by atoms with Crippen molar-refractivity contribution in [2.75, 3.05) is 13.1 Å². The van der Waals surface area contributed by atoms with Crippen LogP contribution in [-0.2, 0) is 4.79 Å². The van der Waals surface area contributed by atoms with E-state index in [9.17, 15) is 4.79 Å². The first-order valence-electron chi connectivity index (χ1n) is 6.84. The highest BCUT2D eigenvalue weighted by Gasteiger charge is 2.58. The lowest BCUT2D eigenvalue weighted by Gasteiger charge is -2.43. The van der Waals surface area contributed by atoms with Crippen molar-refractivity contribution < 1.29 is 4.79 Å². The zero-order valence-electron chi connectivity index (χ0n) is 11.6. The van der Waals surface area contributed by atoms with Gasteiger partial charge in [-0.1, -0.05) is 20.8 Å². The van der Waals surface area contributed by atoms with E-state index in [-0.39, 0.29) is 5.91 Å². The third-order valence-electron chi connectivity index (χ3n) is 5.12. The number of carbonyl (C=O) groups excluding carboxylic acids is 1. The van der Waals surface area contributed by atoms with E-state index in [0.717, 1.165) is 19.0 Å². The number of hydrogen-bond acceptors (Lipinski definition) is 2. The lowest BCUT2D eigenvalue weighted by molar-refractivity contribution is -0.118. The number of fused-ring (bicyclic) bond motifs is 2. The summed E-state index contributed by atoms with van der Waals surface area (Å²) in [6.45, 7) is 10.4. The second kappa shape index (κ2) is 4.27. The Morgan fingerprint density at radius 3 is 2.53 bits per heavy atom. The molecule has 0 aromatic heterocycles. The first-order chi connectivity index (χ1) is 7.86. The van der Waals surface area contributed by atoms with E-state index in [1.807, 2.05) is 0 Å². The number of nitrogens with one attached hydrogen (secondary N) is 2. The minimum absolute atomic E-state index is 0.0604. The molecule has 0 heterocycles. The summed E-state index contributed by atoms with van der Waals surface area (Å²) in [7, 11) is 0. The van der Waals surface area contributed by atoms with Gasteiger partial charge in [0.15, 0.2) is 0 Å². The van der Waals surface area contributed by atoms with Gasteiger partial charge in [-0.25, -0.2) is 0 Å². The van der Waals surface area contributed by atoms with Crippen molar-refractivity contribution in [1.29, 1.82) is 0 Å². The van der Waals surface area contributed by atoms with Crippen molar-refractivity contribution in [2.24, 2.45) is 16.7 Å². The van der Waals surface area contributed by atoms with Crippen LogP contribution in [0.1, 0.15) is 47.0 Å². The van der Waals surface area contributed by atoms with Crippen molar-refractivity contribution >= 4 is 5.91 Å². The first-order valence-corrected chi connectivity index (χ1v) is 6.84. The highest BCUT2D eigenvalue weighted by Crippen LogP contribution is 2.62. The fourth-order valence-electron chi connectivity index (χ4n) is 4.27. The third-order valence-corrected chi connectivity index (χ3v) is 5.12. The average Bonchev–Trinajstić information content (AvgIpc) is 2.67. The quantitative estimate of drug-likeness (QED) is 0.735. The normalized spacial score (nSPS) is 38.4. The molecule has 2 bridgehead atoms. The maximum absolute atomic E-state index is 10.8.